The van der Waals surface area contributed by atoms with Crippen LogP contribution in [0.1, 0.15) is 17.3 Å². The Hall–Kier alpha value is -4.22. The van der Waals surface area contributed by atoms with E-state index in [0.717, 1.165) is 0 Å². The number of halogens is 2. The van der Waals surface area contributed by atoms with Crippen molar-refractivity contribution in [2.45, 2.75) is 13.0 Å². The molecule has 12 heteroatoms. The van der Waals surface area contributed by atoms with Crippen molar-refractivity contribution in [3.05, 3.63) is 59.7 Å². The summed E-state index contributed by atoms with van der Waals surface area (Å²) in [5, 5.41) is 5.12. The minimum atomic E-state index is -0.610. The van der Waals surface area contributed by atoms with Crippen molar-refractivity contribution < 1.29 is 32.7 Å². The Morgan fingerprint density at radius 3 is 2.35 bits per heavy atom. The van der Waals surface area contributed by atoms with Gasteiger partial charge in [0.2, 0.25) is 11.8 Å². The molecule has 0 saturated carbocycles. The lowest BCUT2D eigenvalue weighted by Crippen LogP contribution is -2.51. The zero-order valence-electron chi connectivity index (χ0n) is 20.2. The van der Waals surface area contributed by atoms with E-state index in [0.29, 0.717) is 37.6 Å². The lowest BCUT2D eigenvalue weighted by molar-refractivity contribution is -0.130. The minimum absolute atomic E-state index is 0.178. The van der Waals surface area contributed by atoms with Crippen molar-refractivity contribution in [2.75, 3.05) is 55.6 Å². The molecule has 0 spiro atoms. The number of hydrogen-bond acceptors (Lipinski definition) is 6. The topological polar surface area (TPSA) is 111 Å². The predicted molar refractivity (Wildman–Crippen MR) is 130 cm³/mol. The highest BCUT2D eigenvalue weighted by molar-refractivity contribution is 5.96. The van der Waals surface area contributed by atoms with Crippen LogP contribution in [0.3, 0.4) is 0 Å². The summed E-state index contributed by atoms with van der Waals surface area (Å²) >= 11 is 0. The van der Waals surface area contributed by atoms with Crippen molar-refractivity contribution in [1.82, 2.24) is 15.5 Å². The maximum absolute atomic E-state index is 15.0. The van der Waals surface area contributed by atoms with Crippen LogP contribution in [0.2, 0.25) is 0 Å². The average Bonchev–Trinajstić information content (AvgIpc) is 3.26. The van der Waals surface area contributed by atoms with Crippen molar-refractivity contribution in [2.24, 2.45) is 0 Å². The van der Waals surface area contributed by atoms with E-state index in [4.69, 9.17) is 4.74 Å². The Morgan fingerprint density at radius 1 is 1.00 bits per heavy atom. The first-order valence-electron chi connectivity index (χ1n) is 11.8. The average molecular weight is 516 g/mol. The number of rotatable bonds is 7. The first kappa shape index (κ1) is 25.9. The summed E-state index contributed by atoms with van der Waals surface area (Å²) < 4.78 is 33.2. The van der Waals surface area contributed by atoms with Crippen LogP contribution in [0.4, 0.5) is 25.0 Å². The highest BCUT2D eigenvalue weighted by atomic mass is 19.1. The number of ether oxygens (including phenoxy) is 1. The Bertz CT molecular complexity index is 1180. The van der Waals surface area contributed by atoms with Gasteiger partial charge in [0.1, 0.15) is 17.7 Å². The molecule has 10 nitrogen and oxygen atoms in total. The molecule has 4 rings (SSSR count). The molecule has 0 aliphatic carbocycles. The third kappa shape index (κ3) is 6.32. The van der Waals surface area contributed by atoms with E-state index >= 15 is 0 Å². The molecular formula is C25H27F2N5O5. The molecule has 0 aromatic heterocycles. The molecule has 1 atom stereocenters. The largest absolute Gasteiger partial charge is 0.442 e. The quantitative estimate of drug-likeness (QED) is 0.579. The number of nitrogens with zero attached hydrogens (tertiary/aromatic N) is 3. The van der Waals surface area contributed by atoms with Gasteiger partial charge in [0.05, 0.1) is 31.0 Å². The van der Waals surface area contributed by atoms with Crippen LogP contribution in [0.25, 0.3) is 0 Å². The minimum Gasteiger partial charge on any atom is -0.442 e. The smallest absolute Gasteiger partial charge is 0.414 e. The summed E-state index contributed by atoms with van der Waals surface area (Å²) in [4.78, 5) is 52.6. The van der Waals surface area contributed by atoms with E-state index in [1.807, 2.05) is 4.90 Å². The molecule has 196 valence electrons. The molecule has 0 bridgehead atoms. The maximum atomic E-state index is 15.0. The number of nitrogens with one attached hydrogen (secondary N) is 2. The fourth-order valence-electron chi connectivity index (χ4n) is 4.18. The molecule has 0 unspecified atom stereocenters. The van der Waals surface area contributed by atoms with E-state index in [1.165, 1.54) is 42.2 Å². The van der Waals surface area contributed by atoms with Gasteiger partial charge in [-0.1, -0.05) is 0 Å². The van der Waals surface area contributed by atoms with Gasteiger partial charge >= 0.3 is 6.09 Å². The molecule has 4 amide bonds. The van der Waals surface area contributed by atoms with Gasteiger partial charge in [-0.15, -0.1) is 0 Å². The summed E-state index contributed by atoms with van der Waals surface area (Å²) in [6.45, 7) is 3.00. The van der Waals surface area contributed by atoms with Crippen LogP contribution in [-0.4, -0.2) is 80.6 Å². The number of carbonyl (C=O) groups excluding carboxylic acids is 4. The Labute approximate surface area is 212 Å². The van der Waals surface area contributed by atoms with Gasteiger partial charge in [0.25, 0.3) is 5.91 Å². The maximum Gasteiger partial charge on any atom is 0.414 e. The fraction of sp³-hybridized carbons (Fsp3) is 0.360. The van der Waals surface area contributed by atoms with Crippen LogP contribution in [0.5, 0.6) is 0 Å². The number of carbonyl (C=O) groups is 4. The molecule has 37 heavy (non-hydrogen) atoms. The molecule has 2 fully saturated rings. The summed E-state index contributed by atoms with van der Waals surface area (Å²) in [5.41, 5.74) is 0.952. The van der Waals surface area contributed by atoms with Gasteiger partial charge in [-0.2, -0.15) is 0 Å². The van der Waals surface area contributed by atoms with E-state index in [2.05, 4.69) is 10.6 Å². The Balaban J connectivity index is 1.28. The van der Waals surface area contributed by atoms with Crippen LogP contribution < -0.4 is 20.4 Å². The number of amides is 4. The van der Waals surface area contributed by atoms with Gasteiger partial charge < -0.3 is 25.2 Å². The Kier molecular flexibility index (Phi) is 7.85. The monoisotopic (exact) mass is 515 g/mol. The van der Waals surface area contributed by atoms with Crippen molar-refractivity contribution in [3.63, 3.8) is 0 Å². The van der Waals surface area contributed by atoms with E-state index in [9.17, 15) is 28.0 Å². The van der Waals surface area contributed by atoms with Crippen LogP contribution in [-0.2, 0) is 14.3 Å². The normalized spacial score (nSPS) is 17.4. The van der Waals surface area contributed by atoms with E-state index in [-0.39, 0.29) is 37.0 Å². The van der Waals surface area contributed by atoms with Gasteiger partial charge in [-0.25, -0.2) is 13.6 Å². The van der Waals surface area contributed by atoms with Crippen molar-refractivity contribution in [3.8, 4) is 0 Å². The summed E-state index contributed by atoms with van der Waals surface area (Å²) in [6.07, 6.45) is -1.13. The second-order valence-corrected chi connectivity index (χ2v) is 8.75. The third-order valence-electron chi connectivity index (χ3n) is 6.18. The van der Waals surface area contributed by atoms with Gasteiger partial charge in [-0.3, -0.25) is 19.3 Å². The van der Waals surface area contributed by atoms with Crippen LogP contribution in [0, 0.1) is 11.6 Å². The standard InChI is InChI=1S/C25H27F2N5O5/c1-16(33)28-13-20-15-32(25(36)37-20)19-6-7-22(21(27)12-19)30-8-10-31(11-9-30)23(34)14-29-24(35)17-2-4-18(26)5-3-17/h2-7,12,20H,8-11,13-15H2,1H3,(H,28,33)(H,29,35)/t20-/m0/s1. The third-order valence-corrected chi connectivity index (χ3v) is 6.18. The van der Waals surface area contributed by atoms with Gasteiger partial charge in [-0.05, 0) is 42.5 Å². The molecule has 2 aliphatic heterocycles. The molecule has 2 aromatic carbocycles. The number of piperazine rings is 1. The summed E-state index contributed by atoms with van der Waals surface area (Å²) in [6, 6.07) is 9.49. The lowest BCUT2D eigenvalue weighted by Gasteiger charge is -2.36. The SMILES string of the molecule is CC(=O)NC[C@H]1CN(c2ccc(N3CCN(C(=O)CNC(=O)c4ccc(F)cc4)CC3)c(F)c2)C(=O)O1. The highest BCUT2D eigenvalue weighted by Crippen LogP contribution is 2.28. The highest BCUT2D eigenvalue weighted by Gasteiger charge is 2.33. The second-order valence-electron chi connectivity index (χ2n) is 8.75. The zero-order valence-corrected chi connectivity index (χ0v) is 20.2. The van der Waals surface area contributed by atoms with Crippen LogP contribution >= 0.6 is 0 Å². The Morgan fingerprint density at radius 2 is 1.70 bits per heavy atom. The fourth-order valence-corrected chi connectivity index (χ4v) is 4.18. The lowest BCUT2D eigenvalue weighted by atomic mass is 10.2. The molecule has 2 heterocycles. The van der Waals surface area contributed by atoms with Gasteiger partial charge in [0.15, 0.2) is 0 Å². The molecular weight excluding hydrogens is 488 g/mol. The molecule has 2 aliphatic rings. The first-order chi connectivity index (χ1) is 17.7. The summed E-state index contributed by atoms with van der Waals surface area (Å²) in [5.74, 6) is -1.95. The number of anilines is 2. The predicted octanol–water partition coefficient (Wildman–Crippen LogP) is 1.50. The van der Waals surface area contributed by atoms with Crippen molar-refractivity contribution >= 4 is 35.2 Å². The number of cyclic esters (lactones) is 1. The second kappa shape index (κ2) is 11.2. The van der Waals surface area contributed by atoms with Crippen molar-refractivity contribution in [1.29, 1.82) is 0 Å². The molecule has 0 radical (unpaired) electrons. The zero-order chi connectivity index (χ0) is 26.5. The molecule has 2 N–H and O–H groups in total. The van der Waals surface area contributed by atoms with Gasteiger partial charge in [0, 0.05) is 38.7 Å². The van der Waals surface area contributed by atoms with E-state index < -0.39 is 29.7 Å². The first-order valence-corrected chi connectivity index (χ1v) is 11.8. The van der Waals surface area contributed by atoms with E-state index in [1.54, 1.807) is 17.0 Å². The van der Waals surface area contributed by atoms with Crippen LogP contribution in [0.15, 0.2) is 42.5 Å². The molecule has 2 aromatic rings. The summed E-state index contributed by atoms with van der Waals surface area (Å²) in [7, 11) is 0. The number of hydrogen-bond donors (Lipinski definition) is 2. The molecule has 2 saturated heterocycles. The number of benzene rings is 2.